The molecule has 11 nitrogen and oxygen atoms in total. The number of piperazine rings is 1. The number of carbonyl (C=O) groups excluding carboxylic acids is 2. The molecule has 1 unspecified atom stereocenters. The van der Waals surface area contributed by atoms with Crippen LogP contribution in [0.2, 0.25) is 0 Å². The number of halogens is 6. The number of aryl methyl sites for hydroxylation is 1. The van der Waals surface area contributed by atoms with E-state index in [1.165, 1.54) is 28.8 Å². The van der Waals surface area contributed by atoms with E-state index < -0.39 is 63.2 Å². The summed E-state index contributed by atoms with van der Waals surface area (Å²) in [5, 5.41) is 0.604. The summed E-state index contributed by atoms with van der Waals surface area (Å²) in [5.41, 5.74) is -5.30. The third kappa shape index (κ3) is 10.1. The first-order valence-electron chi connectivity index (χ1n) is 16.2. The molecule has 2 aromatic carbocycles. The van der Waals surface area contributed by atoms with Gasteiger partial charge < -0.3 is 18.4 Å². The largest absolute Gasteiger partial charge is 0.534 e. The molecule has 1 atom stereocenters. The van der Waals surface area contributed by atoms with Crippen LogP contribution in [0, 0.1) is 6.92 Å². The number of ether oxygens (including phenoxy) is 3. The average Bonchev–Trinajstić information content (AvgIpc) is 3.50. The van der Waals surface area contributed by atoms with E-state index in [2.05, 4.69) is 8.92 Å². The van der Waals surface area contributed by atoms with E-state index >= 15 is 0 Å². The maximum absolute atomic E-state index is 13.3. The van der Waals surface area contributed by atoms with E-state index in [9.17, 15) is 44.3 Å². The molecule has 290 valence electrons. The maximum Gasteiger partial charge on any atom is 0.534 e. The van der Waals surface area contributed by atoms with Crippen molar-refractivity contribution >= 4 is 33.1 Å². The molecule has 4 rings (SSSR count). The van der Waals surface area contributed by atoms with Gasteiger partial charge in [-0.25, -0.2) is 9.59 Å². The van der Waals surface area contributed by atoms with Crippen LogP contribution < -0.4 is 8.92 Å². The minimum absolute atomic E-state index is 0.0602. The number of carbonyl (C=O) groups is 2. The summed E-state index contributed by atoms with van der Waals surface area (Å²) in [5.74, 6) is -1.72. The van der Waals surface area contributed by atoms with Crippen LogP contribution in [-0.4, -0.2) is 92.5 Å². The zero-order chi connectivity index (χ0) is 39.4. The van der Waals surface area contributed by atoms with Gasteiger partial charge in [-0.2, -0.15) is 34.8 Å². The Kier molecular flexibility index (Phi) is 13.3. The van der Waals surface area contributed by atoms with Crippen LogP contribution in [0.1, 0.15) is 74.1 Å². The minimum atomic E-state index is -6.23. The molecule has 2 heterocycles. The lowest BCUT2D eigenvalue weighted by Crippen LogP contribution is -2.48. The van der Waals surface area contributed by atoms with Gasteiger partial charge in [0.15, 0.2) is 5.75 Å². The van der Waals surface area contributed by atoms with Crippen molar-refractivity contribution in [2.24, 2.45) is 0 Å². The van der Waals surface area contributed by atoms with Crippen LogP contribution in [0.25, 0.3) is 10.9 Å². The quantitative estimate of drug-likeness (QED) is 0.0934. The Balaban J connectivity index is 0.00000358. The Hall–Kier alpha value is -4.03. The summed E-state index contributed by atoms with van der Waals surface area (Å²) in [6, 6.07) is 5.85. The highest BCUT2D eigenvalue weighted by Gasteiger charge is 2.49. The van der Waals surface area contributed by atoms with Crippen LogP contribution >= 0.6 is 0 Å². The molecular weight excluding hydrogens is 724 g/mol. The molecule has 0 aliphatic carbocycles. The fourth-order valence-electron chi connectivity index (χ4n) is 5.70. The van der Waals surface area contributed by atoms with Gasteiger partial charge in [0.2, 0.25) is 0 Å². The molecule has 3 aromatic rings. The number of alkyl halides is 6. The molecular formula is C34H43F6N3O8S. The molecule has 0 amide bonds. The number of nitrogens with zero attached hydrogens (tertiary/aromatic N) is 3. The van der Waals surface area contributed by atoms with Crippen molar-refractivity contribution in [2.45, 2.75) is 77.8 Å². The van der Waals surface area contributed by atoms with E-state index in [1.54, 1.807) is 39.8 Å². The second kappa shape index (κ2) is 16.3. The molecule has 0 bridgehead atoms. The lowest BCUT2D eigenvalue weighted by molar-refractivity contribution is -0.139. The zero-order valence-corrected chi connectivity index (χ0v) is 30.9. The van der Waals surface area contributed by atoms with Gasteiger partial charge in [0, 0.05) is 55.9 Å². The highest BCUT2D eigenvalue weighted by molar-refractivity contribution is 7.88. The average molecular weight is 768 g/mol. The summed E-state index contributed by atoms with van der Waals surface area (Å²) >= 11 is 0. The van der Waals surface area contributed by atoms with Gasteiger partial charge in [0.25, 0.3) is 0 Å². The summed E-state index contributed by atoms with van der Waals surface area (Å²) in [6.45, 7) is 10.9. The molecule has 1 saturated heterocycles. The lowest BCUT2D eigenvalue weighted by Gasteiger charge is -2.42. The molecule has 0 saturated carbocycles. The maximum atomic E-state index is 13.3. The van der Waals surface area contributed by atoms with Crippen LogP contribution in [-0.2, 0) is 26.1 Å². The monoisotopic (exact) mass is 767 g/mol. The normalized spacial score (nSPS) is 16.2. The van der Waals surface area contributed by atoms with Gasteiger partial charge in [0.1, 0.15) is 16.9 Å². The van der Waals surface area contributed by atoms with E-state index in [1.807, 2.05) is 18.7 Å². The molecule has 0 radical (unpaired) electrons. The summed E-state index contributed by atoms with van der Waals surface area (Å²) in [7, 11) is -3.85. The number of fused-ring (bicyclic) bond motifs is 1. The van der Waals surface area contributed by atoms with Crippen LogP contribution in [0.3, 0.4) is 0 Å². The molecule has 52 heavy (non-hydrogen) atoms. The molecule has 18 heteroatoms. The first-order chi connectivity index (χ1) is 24.0. The fraction of sp³-hybridized carbons (Fsp3) is 0.529. The Labute approximate surface area is 298 Å². The highest BCUT2D eigenvalue weighted by Crippen LogP contribution is 2.38. The third-order valence-electron chi connectivity index (χ3n) is 7.97. The Morgan fingerprint density at radius 1 is 0.942 bits per heavy atom. The first kappa shape index (κ1) is 42.4. The van der Waals surface area contributed by atoms with E-state index in [0.717, 1.165) is 19.2 Å². The standard InChI is InChI=1S/C32H37F6N3O8S.C2H6/c1-19-15-25(46-5)23(21-9-11-41(27(19)21)29(43)48-30(2,3)4)17-40-14-13-39(12-10-31(33,34)35)18-24(40)20-7-8-22(28(42)47-6)26(16-20)49-50(44,45)32(36,37)38;1-2/h7-9,11,15-16,24H,10,12-14,17-18H2,1-6H3;1-2H3. The van der Waals surface area contributed by atoms with E-state index in [-0.39, 0.29) is 38.3 Å². The molecule has 0 spiro atoms. The van der Waals surface area contributed by atoms with Gasteiger partial charge in [0.05, 0.1) is 26.2 Å². The van der Waals surface area contributed by atoms with Crippen molar-refractivity contribution in [1.82, 2.24) is 14.4 Å². The van der Waals surface area contributed by atoms with Crippen molar-refractivity contribution in [3.8, 4) is 11.5 Å². The second-order valence-electron chi connectivity index (χ2n) is 12.7. The van der Waals surface area contributed by atoms with E-state index in [4.69, 9.17) is 9.47 Å². The molecule has 0 N–H and O–H groups in total. The van der Waals surface area contributed by atoms with Gasteiger partial charge in [-0.05, 0) is 63.1 Å². The Bertz CT molecular complexity index is 1850. The number of aromatic nitrogens is 1. The lowest BCUT2D eigenvalue weighted by atomic mass is 9.97. The molecule has 1 aromatic heterocycles. The Morgan fingerprint density at radius 3 is 2.15 bits per heavy atom. The molecule has 1 fully saturated rings. The second-order valence-corrected chi connectivity index (χ2v) is 14.2. The minimum Gasteiger partial charge on any atom is -0.496 e. The predicted octanol–water partition coefficient (Wildman–Crippen LogP) is 7.59. The van der Waals surface area contributed by atoms with Gasteiger partial charge in [-0.15, -0.1) is 0 Å². The van der Waals surface area contributed by atoms with Crippen molar-refractivity contribution in [2.75, 3.05) is 40.4 Å². The molecule has 1 aliphatic rings. The van der Waals surface area contributed by atoms with Gasteiger partial charge in [-0.1, -0.05) is 19.9 Å². The van der Waals surface area contributed by atoms with Crippen molar-refractivity contribution in [1.29, 1.82) is 0 Å². The van der Waals surface area contributed by atoms with Crippen LogP contribution in [0.15, 0.2) is 36.5 Å². The SMILES string of the molecule is CC.COC(=O)c1ccc(C2CN(CCC(F)(F)F)CCN2Cc2c(OC)cc(C)c3c2ccn3C(=O)OC(C)(C)C)cc1OS(=O)(=O)C(F)(F)F. The summed E-state index contributed by atoms with van der Waals surface area (Å²) in [4.78, 5) is 28.8. The van der Waals surface area contributed by atoms with Crippen molar-refractivity contribution < 1.29 is 62.7 Å². The number of hydrogen-bond donors (Lipinski definition) is 0. The third-order valence-corrected chi connectivity index (χ3v) is 8.93. The topological polar surface area (TPSA) is 117 Å². The van der Waals surface area contributed by atoms with Gasteiger partial charge in [-0.3, -0.25) is 14.4 Å². The highest BCUT2D eigenvalue weighted by atomic mass is 32.2. The number of methoxy groups -OCH3 is 2. The summed E-state index contributed by atoms with van der Waals surface area (Å²) in [6.07, 6.45) is -4.67. The van der Waals surface area contributed by atoms with Crippen molar-refractivity contribution in [3.63, 3.8) is 0 Å². The van der Waals surface area contributed by atoms with E-state index in [0.29, 0.717) is 27.8 Å². The number of benzene rings is 2. The first-order valence-corrected chi connectivity index (χ1v) is 17.6. The zero-order valence-electron chi connectivity index (χ0n) is 30.1. The number of esters is 1. The predicted molar refractivity (Wildman–Crippen MR) is 180 cm³/mol. The molecule has 1 aliphatic heterocycles. The van der Waals surface area contributed by atoms with Crippen molar-refractivity contribution in [3.05, 3.63) is 58.8 Å². The van der Waals surface area contributed by atoms with Gasteiger partial charge >= 0.3 is 33.9 Å². The fourth-order valence-corrected chi connectivity index (χ4v) is 6.17. The smallest absolute Gasteiger partial charge is 0.496 e. The summed E-state index contributed by atoms with van der Waals surface area (Å²) < 4.78 is 125. The number of hydrogen-bond acceptors (Lipinski definition) is 10. The van der Waals surface area contributed by atoms with Crippen LogP contribution in [0.4, 0.5) is 31.1 Å². The van der Waals surface area contributed by atoms with Crippen LogP contribution in [0.5, 0.6) is 11.5 Å². The Morgan fingerprint density at radius 2 is 1.60 bits per heavy atom. The number of rotatable bonds is 9.